The van der Waals surface area contributed by atoms with E-state index in [-0.39, 0.29) is 13.0 Å². The standard InChI is InChI=1S/C27H31NO5/c1-32-11-5-6-19-12-20(18-33-26-10-3-2-7-23(26)16-27(30)31)14-24(13-19)21-8-4-9-22(15-21)25(28)17-29/h2-4,7-10,12-15,25,29H,5-6,11,16-18,28H2,1H3,(H,30,31)/t25-/m1/s1. The Bertz CT molecular complexity index is 1070. The molecule has 6 heteroatoms. The highest BCUT2D eigenvalue weighted by molar-refractivity contribution is 5.71. The molecule has 3 rings (SSSR count). The summed E-state index contributed by atoms with van der Waals surface area (Å²) >= 11 is 0. The predicted molar refractivity (Wildman–Crippen MR) is 128 cm³/mol. The van der Waals surface area contributed by atoms with Crippen molar-refractivity contribution < 1.29 is 24.5 Å². The van der Waals surface area contributed by atoms with Crippen molar-refractivity contribution in [2.24, 2.45) is 5.73 Å². The minimum Gasteiger partial charge on any atom is -0.489 e. The molecule has 3 aromatic carbocycles. The summed E-state index contributed by atoms with van der Waals surface area (Å²) in [7, 11) is 1.69. The molecular formula is C27H31NO5. The van der Waals surface area contributed by atoms with Gasteiger partial charge in [-0.05, 0) is 58.9 Å². The van der Waals surface area contributed by atoms with Gasteiger partial charge in [0.25, 0.3) is 0 Å². The van der Waals surface area contributed by atoms with Gasteiger partial charge in [0.2, 0.25) is 0 Å². The van der Waals surface area contributed by atoms with Crippen LogP contribution in [-0.4, -0.2) is 36.5 Å². The van der Waals surface area contributed by atoms with Crippen LogP contribution in [0, 0.1) is 0 Å². The highest BCUT2D eigenvalue weighted by Crippen LogP contribution is 2.27. The molecule has 3 aromatic rings. The number of carboxylic acid groups (broad SMARTS) is 1. The van der Waals surface area contributed by atoms with Gasteiger partial charge in [0.05, 0.1) is 19.1 Å². The predicted octanol–water partition coefficient (Wildman–Crippen LogP) is 4.13. The molecule has 0 saturated carbocycles. The molecule has 0 fully saturated rings. The highest BCUT2D eigenvalue weighted by atomic mass is 16.5. The van der Waals surface area contributed by atoms with Crippen molar-refractivity contribution in [3.63, 3.8) is 0 Å². The Hall–Kier alpha value is -3.19. The maximum Gasteiger partial charge on any atom is 0.307 e. The Morgan fingerprint density at radius 3 is 2.55 bits per heavy atom. The average molecular weight is 450 g/mol. The molecule has 6 nitrogen and oxygen atoms in total. The van der Waals surface area contributed by atoms with E-state index < -0.39 is 12.0 Å². The van der Waals surface area contributed by atoms with Crippen molar-refractivity contribution in [3.8, 4) is 16.9 Å². The monoisotopic (exact) mass is 449 g/mol. The zero-order chi connectivity index (χ0) is 23.6. The molecule has 1 atom stereocenters. The molecule has 0 heterocycles. The van der Waals surface area contributed by atoms with Crippen LogP contribution < -0.4 is 10.5 Å². The molecule has 0 aliphatic carbocycles. The second-order valence-electron chi connectivity index (χ2n) is 8.02. The lowest BCUT2D eigenvalue weighted by Gasteiger charge is -2.15. The Morgan fingerprint density at radius 2 is 1.79 bits per heavy atom. The van der Waals surface area contributed by atoms with E-state index in [1.807, 2.05) is 36.4 Å². The topological polar surface area (TPSA) is 102 Å². The van der Waals surface area contributed by atoms with E-state index in [4.69, 9.17) is 20.3 Å². The molecule has 33 heavy (non-hydrogen) atoms. The first-order valence-electron chi connectivity index (χ1n) is 11.0. The van der Waals surface area contributed by atoms with E-state index in [1.165, 1.54) is 5.56 Å². The molecule has 0 aliphatic heterocycles. The number of hydrogen-bond donors (Lipinski definition) is 3. The number of ether oxygens (including phenoxy) is 2. The van der Waals surface area contributed by atoms with Crippen LogP contribution in [0.1, 0.15) is 34.7 Å². The van der Waals surface area contributed by atoms with Crippen LogP contribution in [0.3, 0.4) is 0 Å². The van der Waals surface area contributed by atoms with E-state index in [0.717, 1.165) is 35.1 Å². The van der Waals surface area contributed by atoms with Gasteiger partial charge in [0.15, 0.2) is 0 Å². The largest absolute Gasteiger partial charge is 0.489 e. The number of rotatable bonds is 12. The summed E-state index contributed by atoms with van der Waals surface area (Å²) < 4.78 is 11.2. The number of methoxy groups -OCH3 is 1. The van der Waals surface area contributed by atoms with E-state index in [9.17, 15) is 9.90 Å². The number of carboxylic acids is 1. The minimum atomic E-state index is -0.894. The second-order valence-corrected chi connectivity index (χ2v) is 8.02. The highest BCUT2D eigenvalue weighted by Gasteiger charge is 2.11. The molecule has 0 amide bonds. The Labute approximate surface area is 194 Å². The van der Waals surface area contributed by atoms with Crippen LogP contribution in [0.5, 0.6) is 5.75 Å². The first kappa shape index (κ1) is 24.5. The summed E-state index contributed by atoms with van der Waals surface area (Å²) in [6, 6.07) is 21.0. The number of aliphatic hydroxyl groups is 1. The van der Waals surface area contributed by atoms with Crippen molar-refractivity contribution in [1.29, 1.82) is 0 Å². The van der Waals surface area contributed by atoms with Crippen molar-refractivity contribution in [2.75, 3.05) is 20.3 Å². The second kappa shape index (κ2) is 12.2. The number of carbonyl (C=O) groups is 1. The molecule has 0 aliphatic rings. The van der Waals surface area contributed by atoms with Gasteiger partial charge in [-0.3, -0.25) is 4.79 Å². The van der Waals surface area contributed by atoms with Crippen molar-refractivity contribution >= 4 is 5.97 Å². The Balaban J connectivity index is 1.89. The quantitative estimate of drug-likeness (QED) is 0.359. The van der Waals surface area contributed by atoms with Gasteiger partial charge in [-0.15, -0.1) is 0 Å². The molecule has 0 aromatic heterocycles. The summed E-state index contributed by atoms with van der Waals surface area (Å²) in [6.07, 6.45) is 1.67. The molecule has 0 spiro atoms. The molecule has 4 N–H and O–H groups in total. The lowest BCUT2D eigenvalue weighted by molar-refractivity contribution is -0.136. The van der Waals surface area contributed by atoms with Crippen LogP contribution in [0.25, 0.3) is 11.1 Å². The normalized spacial score (nSPS) is 11.8. The third kappa shape index (κ3) is 7.15. The lowest BCUT2D eigenvalue weighted by atomic mass is 9.95. The number of aliphatic hydroxyl groups excluding tert-OH is 1. The summed E-state index contributed by atoms with van der Waals surface area (Å²) in [4.78, 5) is 11.2. The van der Waals surface area contributed by atoms with E-state index in [2.05, 4.69) is 18.2 Å². The number of hydrogen-bond acceptors (Lipinski definition) is 5. The van der Waals surface area contributed by atoms with Gasteiger partial charge in [-0.25, -0.2) is 0 Å². The number of nitrogens with two attached hydrogens (primary N) is 1. The van der Waals surface area contributed by atoms with E-state index >= 15 is 0 Å². The van der Waals surface area contributed by atoms with Crippen LogP contribution >= 0.6 is 0 Å². The Kier molecular flexibility index (Phi) is 9.01. The fourth-order valence-electron chi connectivity index (χ4n) is 3.75. The van der Waals surface area contributed by atoms with Crippen molar-refractivity contribution in [2.45, 2.75) is 31.9 Å². The fourth-order valence-corrected chi connectivity index (χ4v) is 3.75. The van der Waals surface area contributed by atoms with Gasteiger partial charge in [-0.1, -0.05) is 48.5 Å². The Morgan fingerprint density at radius 1 is 1.00 bits per heavy atom. The minimum absolute atomic E-state index is 0.0869. The SMILES string of the molecule is COCCCc1cc(COc2ccccc2CC(=O)O)cc(-c2cccc([C@H](N)CO)c2)c1. The van der Waals surface area contributed by atoms with Gasteiger partial charge >= 0.3 is 5.97 Å². The van der Waals surface area contributed by atoms with Crippen molar-refractivity contribution in [3.05, 3.63) is 89.0 Å². The first-order valence-corrected chi connectivity index (χ1v) is 11.0. The molecule has 0 bridgehead atoms. The van der Waals surface area contributed by atoms with Gasteiger partial charge < -0.3 is 25.4 Å². The van der Waals surface area contributed by atoms with Crippen molar-refractivity contribution in [1.82, 2.24) is 0 Å². The maximum atomic E-state index is 11.2. The van der Waals surface area contributed by atoms with Gasteiger partial charge in [0, 0.05) is 19.3 Å². The number of para-hydroxylation sites is 1. The number of aliphatic carboxylic acids is 1. The van der Waals surface area contributed by atoms with Gasteiger partial charge in [-0.2, -0.15) is 0 Å². The molecule has 174 valence electrons. The van der Waals surface area contributed by atoms with E-state index in [1.54, 1.807) is 19.2 Å². The summed E-state index contributed by atoms with van der Waals surface area (Å²) in [5.74, 6) is -0.323. The third-order valence-electron chi connectivity index (χ3n) is 5.42. The summed E-state index contributed by atoms with van der Waals surface area (Å²) in [5.41, 5.74) is 11.7. The third-order valence-corrected chi connectivity index (χ3v) is 5.42. The average Bonchev–Trinajstić information content (AvgIpc) is 2.83. The van der Waals surface area contributed by atoms with Crippen LogP contribution in [-0.2, 0) is 29.0 Å². The van der Waals surface area contributed by atoms with Crippen LogP contribution in [0.15, 0.2) is 66.7 Å². The lowest BCUT2D eigenvalue weighted by Crippen LogP contribution is -2.14. The molecule has 0 saturated heterocycles. The smallest absolute Gasteiger partial charge is 0.307 e. The number of benzene rings is 3. The first-order chi connectivity index (χ1) is 16.0. The maximum absolute atomic E-state index is 11.2. The summed E-state index contributed by atoms with van der Waals surface area (Å²) in [5, 5.41) is 18.6. The number of aryl methyl sites for hydroxylation is 1. The molecule has 0 unspecified atom stereocenters. The fraction of sp³-hybridized carbons (Fsp3) is 0.296. The van der Waals surface area contributed by atoms with Crippen LogP contribution in [0.2, 0.25) is 0 Å². The molecule has 0 radical (unpaired) electrons. The van der Waals surface area contributed by atoms with Gasteiger partial charge in [0.1, 0.15) is 12.4 Å². The zero-order valence-corrected chi connectivity index (χ0v) is 18.9. The molecular weight excluding hydrogens is 418 g/mol. The van der Waals surface area contributed by atoms with E-state index in [0.29, 0.717) is 24.5 Å². The zero-order valence-electron chi connectivity index (χ0n) is 18.9. The van der Waals surface area contributed by atoms with Crippen LogP contribution in [0.4, 0.5) is 0 Å². The summed E-state index contributed by atoms with van der Waals surface area (Å²) in [6.45, 7) is 0.881.